The van der Waals surface area contributed by atoms with E-state index >= 15 is 0 Å². The van der Waals surface area contributed by atoms with Gasteiger partial charge in [-0.2, -0.15) is 0 Å². The molecule has 0 spiro atoms. The molecule has 2 fully saturated rings. The van der Waals surface area contributed by atoms with E-state index in [1.165, 1.54) is 32.2 Å². The molecule has 2 aliphatic heterocycles. The summed E-state index contributed by atoms with van der Waals surface area (Å²) < 4.78 is 0. The highest BCUT2D eigenvalue weighted by Gasteiger charge is 2.36. The van der Waals surface area contributed by atoms with E-state index in [0.717, 1.165) is 12.0 Å². The SMILES string of the molecule is C/C=C1/CCCC(C)CC2CN12. The topological polar surface area (TPSA) is 3.01 Å². The number of hydrogen-bond donors (Lipinski definition) is 0. The van der Waals surface area contributed by atoms with Gasteiger partial charge in [0.25, 0.3) is 0 Å². The fourth-order valence-corrected chi connectivity index (χ4v) is 2.40. The van der Waals surface area contributed by atoms with E-state index in [4.69, 9.17) is 0 Å². The first-order chi connectivity index (χ1) is 5.81. The zero-order valence-corrected chi connectivity index (χ0v) is 8.21. The molecule has 2 saturated heterocycles. The molecular weight excluding hydrogens is 146 g/mol. The Bertz CT molecular complexity index is 195. The molecule has 0 aliphatic carbocycles. The molecule has 2 rings (SSSR count). The van der Waals surface area contributed by atoms with Gasteiger partial charge in [0.15, 0.2) is 0 Å². The summed E-state index contributed by atoms with van der Waals surface area (Å²) in [5.74, 6) is 0.957. The maximum Gasteiger partial charge on any atom is 0.0465 e. The molecule has 68 valence electrons. The van der Waals surface area contributed by atoms with Gasteiger partial charge in [-0.05, 0) is 32.1 Å². The molecule has 0 amide bonds. The smallest absolute Gasteiger partial charge is 0.0465 e. The minimum Gasteiger partial charge on any atom is -0.368 e. The molecule has 0 aromatic carbocycles. The summed E-state index contributed by atoms with van der Waals surface area (Å²) in [6.07, 6.45) is 7.87. The second-order valence-corrected chi connectivity index (χ2v) is 4.32. The van der Waals surface area contributed by atoms with Crippen molar-refractivity contribution in [2.75, 3.05) is 6.54 Å². The van der Waals surface area contributed by atoms with Gasteiger partial charge < -0.3 is 4.90 Å². The normalized spacial score (nSPS) is 38.8. The average Bonchev–Trinajstić information content (AvgIpc) is 2.73. The largest absolute Gasteiger partial charge is 0.368 e. The first-order valence-corrected chi connectivity index (χ1v) is 5.23. The van der Waals surface area contributed by atoms with Gasteiger partial charge in [-0.1, -0.05) is 19.4 Å². The van der Waals surface area contributed by atoms with Crippen LogP contribution in [0.15, 0.2) is 11.8 Å². The Morgan fingerprint density at radius 1 is 1.50 bits per heavy atom. The predicted octanol–water partition coefficient (Wildman–Crippen LogP) is 2.78. The second kappa shape index (κ2) is 3.12. The van der Waals surface area contributed by atoms with Crippen LogP contribution in [0.2, 0.25) is 0 Å². The summed E-state index contributed by atoms with van der Waals surface area (Å²) in [5.41, 5.74) is 1.60. The van der Waals surface area contributed by atoms with Gasteiger partial charge in [-0.3, -0.25) is 0 Å². The molecule has 0 aromatic heterocycles. The Labute approximate surface area is 75.4 Å². The summed E-state index contributed by atoms with van der Waals surface area (Å²) >= 11 is 0. The van der Waals surface area contributed by atoms with Crippen molar-refractivity contribution < 1.29 is 0 Å². The first-order valence-electron chi connectivity index (χ1n) is 5.23. The zero-order chi connectivity index (χ0) is 8.55. The van der Waals surface area contributed by atoms with E-state index in [9.17, 15) is 0 Å². The molecule has 0 saturated carbocycles. The zero-order valence-electron chi connectivity index (χ0n) is 8.21. The third-order valence-corrected chi connectivity index (χ3v) is 3.22. The number of hydrogen-bond acceptors (Lipinski definition) is 1. The van der Waals surface area contributed by atoms with Gasteiger partial charge in [0.05, 0.1) is 0 Å². The minimum absolute atomic E-state index is 0.909. The number of nitrogens with zero attached hydrogens (tertiary/aromatic N) is 1. The van der Waals surface area contributed by atoms with Gasteiger partial charge in [0.1, 0.15) is 0 Å². The van der Waals surface area contributed by atoms with Crippen LogP contribution in [0.25, 0.3) is 0 Å². The van der Waals surface area contributed by atoms with Crippen LogP contribution in [0.5, 0.6) is 0 Å². The van der Waals surface area contributed by atoms with E-state index in [1.807, 2.05) is 0 Å². The van der Waals surface area contributed by atoms with Gasteiger partial charge in [-0.25, -0.2) is 0 Å². The van der Waals surface area contributed by atoms with Crippen LogP contribution in [-0.4, -0.2) is 17.5 Å². The van der Waals surface area contributed by atoms with Crippen LogP contribution >= 0.6 is 0 Å². The molecular formula is C11H19N. The lowest BCUT2D eigenvalue weighted by Gasteiger charge is -2.18. The summed E-state index contributed by atoms with van der Waals surface area (Å²) in [6.45, 7) is 5.91. The van der Waals surface area contributed by atoms with Crippen molar-refractivity contribution in [1.82, 2.24) is 4.90 Å². The summed E-state index contributed by atoms with van der Waals surface area (Å²) in [4.78, 5) is 2.58. The number of rotatable bonds is 0. The third kappa shape index (κ3) is 1.50. The Morgan fingerprint density at radius 2 is 2.33 bits per heavy atom. The number of allylic oxidation sites excluding steroid dienone is 2. The fraction of sp³-hybridized carbons (Fsp3) is 0.818. The summed E-state index contributed by atoms with van der Waals surface area (Å²) in [7, 11) is 0. The Balaban J connectivity index is 1.99. The first kappa shape index (κ1) is 8.15. The summed E-state index contributed by atoms with van der Waals surface area (Å²) in [5, 5.41) is 0. The maximum atomic E-state index is 2.58. The van der Waals surface area contributed by atoms with Crippen LogP contribution in [0.4, 0.5) is 0 Å². The highest BCUT2D eigenvalue weighted by molar-refractivity contribution is 5.11. The van der Waals surface area contributed by atoms with Crippen LogP contribution in [0, 0.1) is 5.92 Å². The maximum absolute atomic E-state index is 2.58. The van der Waals surface area contributed by atoms with Crippen molar-refractivity contribution in [1.29, 1.82) is 0 Å². The lowest BCUT2D eigenvalue weighted by molar-refractivity contribution is 0.403. The standard InChI is InChI=1S/C11H19N/c1-3-10-6-4-5-9(2)7-11-8-12(10)11/h3,9,11H,4-8H2,1-2H3/b10-3-. The van der Waals surface area contributed by atoms with Gasteiger partial charge in [0, 0.05) is 18.3 Å². The minimum atomic E-state index is 0.909. The summed E-state index contributed by atoms with van der Waals surface area (Å²) in [6, 6.07) is 0.909. The highest BCUT2D eigenvalue weighted by Crippen LogP contribution is 2.35. The van der Waals surface area contributed by atoms with E-state index in [0.29, 0.717) is 0 Å². The molecule has 0 N–H and O–H groups in total. The van der Waals surface area contributed by atoms with Crippen molar-refractivity contribution in [3.8, 4) is 0 Å². The Morgan fingerprint density at radius 3 is 3.08 bits per heavy atom. The van der Waals surface area contributed by atoms with Crippen molar-refractivity contribution >= 4 is 0 Å². The van der Waals surface area contributed by atoms with E-state index in [1.54, 1.807) is 5.70 Å². The van der Waals surface area contributed by atoms with E-state index in [-0.39, 0.29) is 0 Å². The highest BCUT2D eigenvalue weighted by atomic mass is 15.3. The fourth-order valence-electron chi connectivity index (χ4n) is 2.40. The van der Waals surface area contributed by atoms with E-state index in [2.05, 4.69) is 24.8 Å². The second-order valence-electron chi connectivity index (χ2n) is 4.32. The average molecular weight is 165 g/mol. The monoisotopic (exact) mass is 165 g/mol. The van der Waals surface area contributed by atoms with Crippen LogP contribution < -0.4 is 0 Å². The van der Waals surface area contributed by atoms with Crippen molar-refractivity contribution in [3.05, 3.63) is 11.8 Å². The van der Waals surface area contributed by atoms with Gasteiger partial charge >= 0.3 is 0 Å². The third-order valence-electron chi connectivity index (χ3n) is 3.22. The number of fused-ring (bicyclic) bond motifs is 1. The van der Waals surface area contributed by atoms with Gasteiger partial charge in [0.2, 0.25) is 0 Å². The molecule has 1 nitrogen and oxygen atoms in total. The van der Waals surface area contributed by atoms with Crippen molar-refractivity contribution in [2.24, 2.45) is 5.92 Å². The van der Waals surface area contributed by atoms with Gasteiger partial charge in [-0.15, -0.1) is 0 Å². The molecule has 2 heterocycles. The van der Waals surface area contributed by atoms with E-state index < -0.39 is 0 Å². The van der Waals surface area contributed by atoms with Crippen molar-refractivity contribution in [3.63, 3.8) is 0 Å². The lowest BCUT2D eigenvalue weighted by atomic mass is 9.96. The van der Waals surface area contributed by atoms with Crippen LogP contribution in [-0.2, 0) is 0 Å². The molecule has 0 radical (unpaired) electrons. The molecule has 0 bridgehead atoms. The lowest BCUT2D eigenvalue weighted by Crippen LogP contribution is -2.10. The van der Waals surface area contributed by atoms with Crippen LogP contribution in [0.1, 0.15) is 39.5 Å². The molecule has 0 aromatic rings. The van der Waals surface area contributed by atoms with Crippen molar-refractivity contribution in [2.45, 2.75) is 45.6 Å². The molecule has 2 unspecified atom stereocenters. The Kier molecular flexibility index (Phi) is 2.12. The molecule has 1 heteroatoms. The predicted molar refractivity (Wildman–Crippen MR) is 51.9 cm³/mol. The molecule has 12 heavy (non-hydrogen) atoms. The van der Waals surface area contributed by atoms with Crippen LogP contribution in [0.3, 0.4) is 0 Å². The Hall–Kier alpha value is -0.460. The molecule has 2 aliphatic rings. The molecule has 2 atom stereocenters. The quantitative estimate of drug-likeness (QED) is 0.499.